The quantitative estimate of drug-likeness (QED) is 0.0439. The van der Waals surface area contributed by atoms with E-state index in [2.05, 4.69) is 79.9 Å². The molecular formula is C47H85NO3. The number of carbonyl (C=O) groups excluding carboxylic acids is 1. The number of hydrogen-bond acceptors (Lipinski definition) is 3. The van der Waals surface area contributed by atoms with Crippen molar-refractivity contribution in [1.29, 1.82) is 0 Å². The van der Waals surface area contributed by atoms with Gasteiger partial charge in [-0.1, -0.05) is 209 Å². The van der Waals surface area contributed by atoms with Crippen molar-refractivity contribution in [3.8, 4) is 0 Å². The van der Waals surface area contributed by atoms with Gasteiger partial charge in [0.05, 0.1) is 18.8 Å². The Kier molecular flexibility index (Phi) is 40.9. The monoisotopic (exact) mass is 712 g/mol. The van der Waals surface area contributed by atoms with Crippen LogP contribution in [0.25, 0.3) is 0 Å². The van der Waals surface area contributed by atoms with Crippen molar-refractivity contribution in [3.05, 3.63) is 60.8 Å². The van der Waals surface area contributed by atoms with Crippen molar-refractivity contribution < 1.29 is 15.0 Å². The Bertz CT molecular complexity index is 858. The number of unbranched alkanes of at least 4 members (excludes halogenated alkanes) is 22. The van der Waals surface area contributed by atoms with E-state index in [1.807, 2.05) is 0 Å². The highest BCUT2D eigenvalue weighted by atomic mass is 16.3. The Balaban J connectivity index is 3.46. The number of carbonyl (C=O) groups is 1. The molecule has 1 amide bonds. The van der Waals surface area contributed by atoms with Crippen LogP contribution >= 0.6 is 0 Å². The maximum atomic E-state index is 12.3. The third kappa shape index (κ3) is 39.1. The Morgan fingerprint density at radius 3 is 1.29 bits per heavy atom. The van der Waals surface area contributed by atoms with Gasteiger partial charge in [0.2, 0.25) is 5.91 Å². The number of amides is 1. The van der Waals surface area contributed by atoms with Crippen molar-refractivity contribution in [2.75, 3.05) is 6.61 Å². The Morgan fingerprint density at radius 1 is 0.490 bits per heavy atom. The first-order valence-corrected chi connectivity index (χ1v) is 22.0. The molecule has 51 heavy (non-hydrogen) atoms. The molecule has 2 atom stereocenters. The largest absolute Gasteiger partial charge is 0.394 e. The normalized spacial score (nSPS) is 13.6. The minimum Gasteiger partial charge on any atom is -0.394 e. The maximum absolute atomic E-state index is 12.3. The summed E-state index contributed by atoms with van der Waals surface area (Å²) in [6.45, 7) is 4.21. The smallest absolute Gasteiger partial charge is 0.220 e. The van der Waals surface area contributed by atoms with Gasteiger partial charge in [-0.3, -0.25) is 4.79 Å². The van der Waals surface area contributed by atoms with Crippen molar-refractivity contribution in [3.63, 3.8) is 0 Å². The predicted octanol–water partition coefficient (Wildman–Crippen LogP) is 13.7. The highest BCUT2D eigenvalue weighted by Gasteiger charge is 2.19. The van der Waals surface area contributed by atoms with Crippen LogP contribution in [0, 0.1) is 0 Å². The van der Waals surface area contributed by atoms with Gasteiger partial charge in [-0.15, -0.1) is 0 Å². The summed E-state index contributed by atoms with van der Waals surface area (Å²) in [6.07, 6.45) is 58.9. The molecular weight excluding hydrogens is 627 g/mol. The van der Waals surface area contributed by atoms with E-state index in [1.54, 1.807) is 0 Å². The van der Waals surface area contributed by atoms with Crippen LogP contribution in [0.15, 0.2) is 60.8 Å². The van der Waals surface area contributed by atoms with E-state index in [0.717, 1.165) is 57.8 Å². The van der Waals surface area contributed by atoms with Gasteiger partial charge < -0.3 is 15.5 Å². The predicted molar refractivity (Wildman–Crippen MR) is 225 cm³/mol. The average molecular weight is 712 g/mol. The van der Waals surface area contributed by atoms with Crippen LogP contribution in [0.5, 0.6) is 0 Å². The standard InChI is InChI=1S/C47H85NO3/c1-3-5-7-9-11-13-14-15-16-17-18-19-20-21-22-23-24-25-26-27-28-29-30-31-32-33-34-35-37-39-41-43-47(51)48-45(44-49)46(50)42-40-38-36-12-10-8-6-4-2/h5,7,11,13,15-16,18-19,21-22,45-46,49-50H,3-4,6,8-10,12,14,17,20,23-44H2,1-2H3,(H,48,51)/b7-5-,13-11-,16-15-,19-18-,22-21-. The molecule has 0 spiro atoms. The van der Waals surface area contributed by atoms with Gasteiger partial charge in [-0.25, -0.2) is 0 Å². The summed E-state index contributed by atoms with van der Waals surface area (Å²) in [4.78, 5) is 12.3. The second-order valence-electron chi connectivity index (χ2n) is 14.7. The molecule has 0 aliphatic carbocycles. The van der Waals surface area contributed by atoms with E-state index in [0.29, 0.717) is 12.8 Å². The first kappa shape index (κ1) is 49.1. The van der Waals surface area contributed by atoms with Gasteiger partial charge in [0.25, 0.3) is 0 Å². The first-order valence-electron chi connectivity index (χ1n) is 22.0. The molecule has 0 aromatic heterocycles. The molecule has 0 fully saturated rings. The summed E-state index contributed by atoms with van der Waals surface area (Å²) in [5.41, 5.74) is 0. The second-order valence-corrected chi connectivity index (χ2v) is 14.7. The molecule has 4 nitrogen and oxygen atoms in total. The van der Waals surface area contributed by atoms with Crippen LogP contribution in [0.2, 0.25) is 0 Å². The minimum atomic E-state index is -0.657. The van der Waals surface area contributed by atoms with Gasteiger partial charge in [-0.05, 0) is 57.8 Å². The van der Waals surface area contributed by atoms with E-state index in [9.17, 15) is 15.0 Å². The highest BCUT2D eigenvalue weighted by Crippen LogP contribution is 2.15. The molecule has 0 radical (unpaired) electrons. The summed E-state index contributed by atoms with van der Waals surface area (Å²) in [6, 6.07) is -0.534. The maximum Gasteiger partial charge on any atom is 0.220 e. The van der Waals surface area contributed by atoms with Gasteiger partial charge >= 0.3 is 0 Å². The topological polar surface area (TPSA) is 69.6 Å². The summed E-state index contributed by atoms with van der Waals surface area (Å²) in [7, 11) is 0. The van der Waals surface area contributed by atoms with Gasteiger partial charge in [0.1, 0.15) is 0 Å². The zero-order valence-corrected chi connectivity index (χ0v) is 33.9. The third-order valence-corrected chi connectivity index (χ3v) is 9.79. The third-order valence-electron chi connectivity index (χ3n) is 9.79. The summed E-state index contributed by atoms with van der Waals surface area (Å²) < 4.78 is 0. The summed E-state index contributed by atoms with van der Waals surface area (Å²) >= 11 is 0. The summed E-state index contributed by atoms with van der Waals surface area (Å²) in [5, 5.41) is 23.0. The van der Waals surface area contributed by atoms with Crippen LogP contribution in [0.1, 0.15) is 213 Å². The molecule has 0 aromatic carbocycles. The molecule has 0 saturated heterocycles. The van der Waals surface area contributed by atoms with Crippen LogP contribution in [-0.4, -0.2) is 34.9 Å². The Hall–Kier alpha value is -1.91. The molecule has 0 aromatic rings. The fraction of sp³-hybridized carbons (Fsp3) is 0.766. The van der Waals surface area contributed by atoms with Crippen molar-refractivity contribution >= 4 is 5.91 Å². The molecule has 296 valence electrons. The lowest BCUT2D eigenvalue weighted by Crippen LogP contribution is -2.45. The molecule has 0 heterocycles. The molecule has 0 aliphatic heterocycles. The van der Waals surface area contributed by atoms with E-state index in [4.69, 9.17) is 0 Å². The first-order chi connectivity index (χ1) is 25.2. The second kappa shape index (κ2) is 42.5. The van der Waals surface area contributed by atoms with Crippen LogP contribution in [-0.2, 0) is 4.79 Å². The zero-order valence-electron chi connectivity index (χ0n) is 33.9. The lowest BCUT2D eigenvalue weighted by atomic mass is 10.0. The van der Waals surface area contributed by atoms with E-state index in [1.165, 1.54) is 128 Å². The van der Waals surface area contributed by atoms with Crippen LogP contribution in [0.4, 0.5) is 0 Å². The number of rotatable bonds is 39. The van der Waals surface area contributed by atoms with Crippen LogP contribution < -0.4 is 5.32 Å². The van der Waals surface area contributed by atoms with Gasteiger partial charge in [0.15, 0.2) is 0 Å². The molecule has 0 aliphatic rings. The number of hydrogen-bond donors (Lipinski definition) is 3. The number of aliphatic hydroxyl groups excluding tert-OH is 2. The van der Waals surface area contributed by atoms with Crippen LogP contribution in [0.3, 0.4) is 0 Å². The SMILES string of the molecule is CC/C=C\C/C=C\C/C=C\C/C=C\C/C=C\CCCCCCCCCCCCCCCCCC(=O)NC(CO)C(O)CCCCCCCCCC. The molecule has 0 saturated carbocycles. The molecule has 4 heteroatoms. The van der Waals surface area contributed by atoms with E-state index >= 15 is 0 Å². The molecule has 2 unspecified atom stereocenters. The van der Waals surface area contributed by atoms with Gasteiger partial charge in [-0.2, -0.15) is 0 Å². The Labute approximate surface area is 317 Å². The summed E-state index contributed by atoms with van der Waals surface area (Å²) in [5.74, 6) is -0.0367. The van der Waals surface area contributed by atoms with Crippen molar-refractivity contribution in [1.82, 2.24) is 5.32 Å². The fourth-order valence-corrected chi connectivity index (χ4v) is 6.45. The Morgan fingerprint density at radius 2 is 0.863 bits per heavy atom. The van der Waals surface area contributed by atoms with Crippen molar-refractivity contribution in [2.45, 2.75) is 225 Å². The lowest BCUT2D eigenvalue weighted by molar-refractivity contribution is -0.123. The number of allylic oxidation sites excluding steroid dienone is 10. The van der Waals surface area contributed by atoms with E-state index < -0.39 is 12.1 Å². The molecule has 3 N–H and O–H groups in total. The fourth-order valence-electron chi connectivity index (χ4n) is 6.45. The lowest BCUT2D eigenvalue weighted by Gasteiger charge is -2.22. The highest BCUT2D eigenvalue weighted by molar-refractivity contribution is 5.76. The van der Waals surface area contributed by atoms with Crippen molar-refractivity contribution in [2.24, 2.45) is 0 Å². The number of nitrogens with one attached hydrogen (secondary N) is 1. The van der Waals surface area contributed by atoms with Gasteiger partial charge in [0, 0.05) is 6.42 Å². The number of aliphatic hydroxyl groups is 2. The molecule has 0 bridgehead atoms. The molecule has 0 rings (SSSR count). The zero-order chi connectivity index (χ0) is 37.1. The van der Waals surface area contributed by atoms with E-state index in [-0.39, 0.29) is 12.5 Å². The average Bonchev–Trinajstić information content (AvgIpc) is 3.13. The minimum absolute atomic E-state index is 0.0367.